The predicted molar refractivity (Wildman–Crippen MR) is 48.8 cm³/mol. The van der Waals surface area contributed by atoms with Crippen molar-refractivity contribution in [2.24, 2.45) is 0 Å². The highest BCUT2D eigenvalue weighted by Gasteiger charge is 2.13. The van der Waals surface area contributed by atoms with Crippen molar-refractivity contribution in [2.45, 2.75) is 12.8 Å². The molecule has 1 fully saturated rings. The molecule has 2 rings (SSSR count). The van der Waals surface area contributed by atoms with E-state index in [1.54, 1.807) is 0 Å². The molecule has 12 heavy (non-hydrogen) atoms. The summed E-state index contributed by atoms with van der Waals surface area (Å²) in [5.74, 6) is 0. The molecule has 0 aromatic carbocycles. The van der Waals surface area contributed by atoms with Gasteiger partial charge in [-0.15, -0.1) is 0 Å². The van der Waals surface area contributed by atoms with Crippen molar-refractivity contribution in [3.63, 3.8) is 0 Å². The highest BCUT2D eigenvalue weighted by Crippen LogP contribution is 2.17. The van der Waals surface area contributed by atoms with Crippen molar-refractivity contribution < 1.29 is 4.74 Å². The molecule has 2 heteroatoms. The van der Waals surface area contributed by atoms with E-state index in [1.165, 1.54) is 18.5 Å². The van der Waals surface area contributed by atoms with Crippen LogP contribution in [0.3, 0.4) is 0 Å². The highest BCUT2D eigenvalue weighted by atomic mass is 16.5. The fourth-order valence-corrected chi connectivity index (χ4v) is 1.70. The molecule has 0 bridgehead atoms. The Morgan fingerprint density at radius 3 is 2.75 bits per heavy atom. The molecule has 0 aromatic heterocycles. The monoisotopic (exact) mass is 165 g/mol. The van der Waals surface area contributed by atoms with Crippen molar-refractivity contribution in [2.75, 3.05) is 26.3 Å². The quantitative estimate of drug-likeness (QED) is 0.584. The van der Waals surface area contributed by atoms with Gasteiger partial charge in [-0.1, -0.05) is 12.2 Å². The smallest absolute Gasteiger partial charge is 0.0642 e. The lowest BCUT2D eigenvalue weighted by molar-refractivity contribution is 0.0520. The molecule has 0 atom stereocenters. The zero-order chi connectivity index (χ0) is 8.23. The number of hydrogen-bond acceptors (Lipinski definition) is 2. The standard InChI is InChI=1S/C10H15NO/c1-2-4-10(5-3-1)11-6-8-12-9-7-11/h1-2,4H,3,5-9H2. The van der Waals surface area contributed by atoms with Crippen molar-refractivity contribution in [3.05, 3.63) is 23.9 Å². The van der Waals surface area contributed by atoms with Gasteiger partial charge >= 0.3 is 0 Å². The van der Waals surface area contributed by atoms with E-state index in [2.05, 4.69) is 23.1 Å². The van der Waals surface area contributed by atoms with Gasteiger partial charge in [0.05, 0.1) is 13.2 Å². The minimum atomic E-state index is 0.890. The molecule has 0 saturated carbocycles. The molecule has 0 radical (unpaired) electrons. The third-order valence-corrected chi connectivity index (χ3v) is 2.41. The first-order valence-electron chi connectivity index (χ1n) is 4.65. The molecular weight excluding hydrogens is 150 g/mol. The Kier molecular flexibility index (Phi) is 2.47. The normalized spacial score (nSPS) is 24.0. The maximum Gasteiger partial charge on any atom is 0.0642 e. The summed E-state index contributed by atoms with van der Waals surface area (Å²) in [6, 6.07) is 0. The van der Waals surface area contributed by atoms with Gasteiger partial charge in [-0.3, -0.25) is 0 Å². The Bertz CT molecular complexity index is 202. The summed E-state index contributed by atoms with van der Waals surface area (Å²) in [5.41, 5.74) is 1.49. The SMILES string of the molecule is C1=CCCC(N2CCOCC2)=C1. The van der Waals surface area contributed by atoms with Gasteiger partial charge in [0, 0.05) is 18.8 Å². The summed E-state index contributed by atoms with van der Waals surface area (Å²) in [6.07, 6.45) is 9.02. The van der Waals surface area contributed by atoms with Crippen molar-refractivity contribution in [1.29, 1.82) is 0 Å². The molecule has 2 nitrogen and oxygen atoms in total. The first-order valence-corrected chi connectivity index (χ1v) is 4.65. The molecule has 2 aliphatic rings. The Morgan fingerprint density at radius 2 is 2.08 bits per heavy atom. The molecule has 0 spiro atoms. The fraction of sp³-hybridized carbons (Fsp3) is 0.600. The topological polar surface area (TPSA) is 12.5 Å². The number of nitrogens with zero attached hydrogens (tertiary/aromatic N) is 1. The third-order valence-electron chi connectivity index (χ3n) is 2.41. The van der Waals surface area contributed by atoms with Crippen molar-refractivity contribution in [1.82, 2.24) is 4.90 Å². The number of allylic oxidation sites excluding steroid dienone is 4. The maximum absolute atomic E-state index is 5.30. The fourth-order valence-electron chi connectivity index (χ4n) is 1.70. The summed E-state index contributed by atoms with van der Waals surface area (Å²) in [4.78, 5) is 2.44. The van der Waals surface area contributed by atoms with Crippen LogP contribution in [0.1, 0.15) is 12.8 Å². The van der Waals surface area contributed by atoms with E-state index < -0.39 is 0 Å². The molecule has 0 aromatic rings. The molecule has 1 saturated heterocycles. The second-order valence-electron chi connectivity index (χ2n) is 3.22. The van der Waals surface area contributed by atoms with Crippen molar-refractivity contribution >= 4 is 0 Å². The van der Waals surface area contributed by atoms with E-state index >= 15 is 0 Å². The first-order chi connectivity index (χ1) is 5.97. The largest absolute Gasteiger partial charge is 0.378 e. The van der Waals surface area contributed by atoms with Gasteiger partial charge in [0.1, 0.15) is 0 Å². The lowest BCUT2D eigenvalue weighted by atomic mass is 10.1. The molecule has 0 amide bonds. The van der Waals surface area contributed by atoms with Crippen LogP contribution in [0, 0.1) is 0 Å². The van der Waals surface area contributed by atoms with Crippen LogP contribution in [-0.4, -0.2) is 31.2 Å². The van der Waals surface area contributed by atoms with E-state index in [1.807, 2.05) is 0 Å². The molecular formula is C10H15NO. The Labute approximate surface area is 73.5 Å². The van der Waals surface area contributed by atoms with Crippen LogP contribution in [0.5, 0.6) is 0 Å². The van der Waals surface area contributed by atoms with Gasteiger partial charge in [-0.2, -0.15) is 0 Å². The summed E-state index contributed by atoms with van der Waals surface area (Å²) >= 11 is 0. The van der Waals surface area contributed by atoms with Crippen LogP contribution in [0.2, 0.25) is 0 Å². The zero-order valence-corrected chi connectivity index (χ0v) is 7.33. The minimum Gasteiger partial charge on any atom is -0.378 e. The van der Waals surface area contributed by atoms with Gasteiger partial charge in [0.2, 0.25) is 0 Å². The van der Waals surface area contributed by atoms with E-state index in [0.29, 0.717) is 0 Å². The Hall–Kier alpha value is -0.760. The van der Waals surface area contributed by atoms with E-state index in [4.69, 9.17) is 4.74 Å². The van der Waals surface area contributed by atoms with Gasteiger partial charge in [-0.25, -0.2) is 0 Å². The van der Waals surface area contributed by atoms with Crippen LogP contribution in [0.4, 0.5) is 0 Å². The van der Waals surface area contributed by atoms with Crippen molar-refractivity contribution in [3.8, 4) is 0 Å². The summed E-state index contributed by atoms with van der Waals surface area (Å²) in [7, 11) is 0. The second-order valence-corrected chi connectivity index (χ2v) is 3.22. The predicted octanol–water partition coefficient (Wildman–Crippen LogP) is 1.55. The molecule has 0 N–H and O–H groups in total. The Balaban J connectivity index is 1.97. The van der Waals surface area contributed by atoms with Crippen LogP contribution in [-0.2, 0) is 4.74 Å². The first kappa shape index (κ1) is 7.87. The summed E-state index contributed by atoms with van der Waals surface area (Å²) in [6.45, 7) is 3.92. The van der Waals surface area contributed by atoms with Crippen LogP contribution in [0.15, 0.2) is 23.9 Å². The number of hydrogen-bond donors (Lipinski definition) is 0. The van der Waals surface area contributed by atoms with Gasteiger partial charge < -0.3 is 9.64 Å². The molecule has 1 heterocycles. The lowest BCUT2D eigenvalue weighted by Crippen LogP contribution is -2.35. The number of ether oxygens (including phenoxy) is 1. The van der Waals surface area contributed by atoms with E-state index in [0.717, 1.165) is 26.3 Å². The van der Waals surface area contributed by atoms with Crippen LogP contribution in [0.25, 0.3) is 0 Å². The van der Waals surface area contributed by atoms with Gasteiger partial charge in [0.15, 0.2) is 0 Å². The lowest BCUT2D eigenvalue weighted by Gasteiger charge is -2.31. The summed E-state index contributed by atoms with van der Waals surface area (Å²) in [5, 5.41) is 0. The zero-order valence-electron chi connectivity index (χ0n) is 7.33. The second kappa shape index (κ2) is 3.76. The van der Waals surface area contributed by atoms with E-state index in [9.17, 15) is 0 Å². The number of morpholine rings is 1. The molecule has 1 aliphatic heterocycles. The maximum atomic E-state index is 5.30. The molecule has 1 aliphatic carbocycles. The van der Waals surface area contributed by atoms with Crippen LogP contribution >= 0.6 is 0 Å². The van der Waals surface area contributed by atoms with Gasteiger partial charge in [0.25, 0.3) is 0 Å². The highest BCUT2D eigenvalue weighted by molar-refractivity contribution is 5.17. The average molecular weight is 165 g/mol. The molecule has 66 valence electrons. The Morgan fingerprint density at radius 1 is 1.25 bits per heavy atom. The van der Waals surface area contributed by atoms with E-state index in [-0.39, 0.29) is 0 Å². The molecule has 0 unspecified atom stereocenters. The average Bonchev–Trinajstić information content (AvgIpc) is 2.21. The van der Waals surface area contributed by atoms with Gasteiger partial charge in [-0.05, 0) is 18.9 Å². The number of rotatable bonds is 1. The third kappa shape index (κ3) is 1.69. The minimum absolute atomic E-state index is 0.890. The van der Waals surface area contributed by atoms with Crippen LogP contribution < -0.4 is 0 Å². The summed E-state index contributed by atoms with van der Waals surface area (Å²) < 4.78 is 5.30.